The molecule has 2 aromatic heterocycles. The zero-order valence-electron chi connectivity index (χ0n) is 20.5. The first-order chi connectivity index (χ1) is 17.8. The second-order valence-corrected chi connectivity index (χ2v) is 14.0. The molecule has 4 saturated carbocycles. The molecule has 0 spiro atoms. The van der Waals surface area contributed by atoms with Crippen molar-refractivity contribution in [3.8, 4) is 11.5 Å². The Morgan fingerprint density at radius 2 is 1.89 bits per heavy atom. The fourth-order valence-corrected chi connectivity index (χ4v) is 9.10. The zero-order valence-corrected chi connectivity index (χ0v) is 21.3. The Morgan fingerprint density at radius 1 is 1.14 bits per heavy atom. The molecule has 3 N–H and O–H groups in total. The monoisotopic (exact) mass is 525 g/mol. The van der Waals surface area contributed by atoms with Crippen LogP contribution >= 0.6 is 0 Å². The molecule has 1 saturated heterocycles. The van der Waals surface area contributed by atoms with Gasteiger partial charge in [-0.15, -0.1) is 0 Å². The largest absolute Gasteiger partial charge is 0.390 e. The van der Waals surface area contributed by atoms with Crippen LogP contribution in [0.2, 0.25) is 0 Å². The van der Waals surface area contributed by atoms with E-state index in [1.807, 2.05) is 0 Å². The summed E-state index contributed by atoms with van der Waals surface area (Å²) in [6, 6.07) is 0.0260. The number of rotatable bonds is 5. The van der Waals surface area contributed by atoms with Gasteiger partial charge >= 0.3 is 0 Å². The number of carbonyl (C=O) groups excluding carboxylic acids is 1. The minimum atomic E-state index is -3.01. The second kappa shape index (κ2) is 8.36. The lowest BCUT2D eigenvalue weighted by molar-refractivity contribution is -0.129. The van der Waals surface area contributed by atoms with Crippen molar-refractivity contribution in [2.24, 2.45) is 17.8 Å². The van der Waals surface area contributed by atoms with E-state index in [4.69, 9.17) is 4.52 Å². The molecule has 5 aliphatic carbocycles. The summed E-state index contributed by atoms with van der Waals surface area (Å²) in [5.41, 5.74) is 3.05. The number of aromatic nitrogens is 3. The summed E-state index contributed by atoms with van der Waals surface area (Å²) in [7, 11) is -3.01. The number of allylic oxidation sites excluding steroid dienone is 1. The summed E-state index contributed by atoms with van der Waals surface area (Å²) in [4.78, 5) is 21.8. The maximum Gasteiger partial charge on any atom is 0.292 e. The third kappa shape index (κ3) is 4.16. The van der Waals surface area contributed by atoms with Crippen molar-refractivity contribution >= 4 is 27.5 Å². The molecule has 3 heterocycles. The first kappa shape index (κ1) is 23.3. The van der Waals surface area contributed by atoms with Crippen molar-refractivity contribution in [1.29, 1.82) is 0 Å². The molecule has 10 nitrogen and oxygen atoms in total. The average Bonchev–Trinajstić information content (AvgIpc) is 3.52. The Kier molecular flexibility index (Phi) is 5.27. The van der Waals surface area contributed by atoms with E-state index in [-0.39, 0.29) is 35.3 Å². The van der Waals surface area contributed by atoms with Gasteiger partial charge in [0.2, 0.25) is 0 Å². The Balaban J connectivity index is 1.15. The summed E-state index contributed by atoms with van der Waals surface area (Å²) in [6.07, 6.45) is 12.3. The summed E-state index contributed by atoms with van der Waals surface area (Å²) in [5, 5.41) is 21.6. The molecule has 196 valence electrons. The normalized spacial score (nSPS) is 33.4. The van der Waals surface area contributed by atoms with Gasteiger partial charge in [0.15, 0.2) is 0 Å². The molecule has 2 aromatic rings. The molecule has 8 rings (SSSR count). The van der Waals surface area contributed by atoms with E-state index in [1.165, 1.54) is 0 Å². The van der Waals surface area contributed by atoms with Crippen LogP contribution in [0.15, 0.2) is 16.8 Å². The molecule has 0 aromatic carbocycles. The number of anilines is 1. The highest BCUT2D eigenvalue weighted by molar-refractivity contribution is 7.91. The van der Waals surface area contributed by atoms with Crippen molar-refractivity contribution in [2.75, 3.05) is 16.8 Å². The zero-order chi connectivity index (χ0) is 25.4. The van der Waals surface area contributed by atoms with Crippen LogP contribution in [-0.2, 0) is 16.3 Å². The number of hydrogen-bond acceptors (Lipinski definition) is 9. The topological polar surface area (TPSA) is 147 Å². The van der Waals surface area contributed by atoms with Gasteiger partial charge in [-0.25, -0.2) is 8.42 Å². The highest BCUT2D eigenvalue weighted by atomic mass is 32.2. The fraction of sp³-hybridized carbons (Fsp3) is 0.615. The predicted molar refractivity (Wildman–Crippen MR) is 135 cm³/mol. The fourth-order valence-electron chi connectivity index (χ4n) is 7.61. The number of fused-ring (bicyclic) bond motifs is 1. The number of nitrogens with zero attached hydrogens (tertiary/aromatic N) is 3. The van der Waals surface area contributed by atoms with E-state index < -0.39 is 21.3 Å². The van der Waals surface area contributed by atoms with Gasteiger partial charge in [-0.2, -0.15) is 4.98 Å². The SMILES string of the molecule is O=C(NC1CCS(=O)(=O)CC1)c1noc(-c2cnc3c(c2NC2[C@@H]4CC5C[C@H]2CC(O)(C5)C4)C=CC3)n1. The Bertz CT molecular complexity index is 1370. The molecule has 1 amide bonds. The molecule has 3 unspecified atom stereocenters. The molecular weight excluding hydrogens is 494 g/mol. The summed E-state index contributed by atoms with van der Waals surface area (Å²) in [6.45, 7) is 0. The standard InChI is InChI=1S/C26H31N5O5S/c32-24(28-17-4-6-37(34,35)7-5-17)23-30-25(36-31-23)19-13-27-20-3-1-2-18(20)22(19)29-21-15-8-14-9-16(21)12-26(33,10-14)11-15/h1-2,13-17,21,33H,3-12H2,(H,27,29)(H,28,32)/t14?,15-,16+,21?,26?. The average molecular weight is 526 g/mol. The van der Waals surface area contributed by atoms with Gasteiger partial charge < -0.3 is 20.3 Å². The first-order valence-electron chi connectivity index (χ1n) is 13.3. The highest BCUT2D eigenvalue weighted by Gasteiger charge is 2.55. The number of sulfone groups is 1. The van der Waals surface area contributed by atoms with E-state index in [2.05, 4.69) is 37.9 Å². The molecule has 5 atom stereocenters. The van der Waals surface area contributed by atoms with Gasteiger partial charge in [-0.05, 0) is 62.7 Å². The quantitative estimate of drug-likeness (QED) is 0.535. The van der Waals surface area contributed by atoms with Crippen molar-refractivity contribution in [1.82, 2.24) is 20.4 Å². The van der Waals surface area contributed by atoms with Crippen LogP contribution in [0.5, 0.6) is 0 Å². The molecule has 6 aliphatic rings. The minimum Gasteiger partial charge on any atom is -0.390 e. The molecule has 1 aliphatic heterocycles. The lowest BCUT2D eigenvalue weighted by Crippen LogP contribution is -2.59. The van der Waals surface area contributed by atoms with Gasteiger partial charge in [-0.1, -0.05) is 17.3 Å². The van der Waals surface area contributed by atoms with Gasteiger partial charge in [-0.3, -0.25) is 9.78 Å². The van der Waals surface area contributed by atoms with Crippen molar-refractivity contribution in [2.45, 2.75) is 69.1 Å². The minimum absolute atomic E-state index is 0.0695. The van der Waals surface area contributed by atoms with Crippen molar-refractivity contribution < 1.29 is 22.8 Å². The van der Waals surface area contributed by atoms with Gasteiger partial charge in [0.25, 0.3) is 17.6 Å². The second-order valence-electron chi connectivity index (χ2n) is 11.7. The summed E-state index contributed by atoms with van der Waals surface area (Å²) < 4.78 is 28.9. The van der Waals surface area contributed by atoms with E-state index in [9.17, 15) is 18.3 Å². The number of hydrogen-bond donors (Lipinski definition) is 3. The van der Waals surface area contributed by atoms with E-state index in [0.29, 0.717) is 36.2 Å². The Labute approximate surface area is 215 Å². The van der Waals surface area contributed by atoms with Crippen LogP contribution in [-0.4, -0.2) is 63.7 Å². The highest BCUT2D eigenvalue weighted by Crippen LogP contribution is 2.56. The first-order valence-corrected chi connectivity index (χ1v) is 15.1. The van der Waals surface area contributed by atoms with E-state index in [1.54, 1.807) is 6.20 Å². The summed E-state index contributed by atoms with van der Waals surface area (Å²) in [5.74, 6) is 1.25. The molecule has 4 bridgehead atoms. The number of carbonyl (C=O) groups is 1. The van der Waals surface area contributed by atoms with Gasteiger partial charge in [0.05, 0.1) is 34.1 Å². The van der Waals surface area contributed by atoms with Gasteiger partial charge in [0, 0.05) is 30.3 Å². The number of aliphatic hydroxyl groups is 1. The third-order valence-electron chi connectivity index (χ3n) is 9.10. The lowest BCUT2D eigenvalue weighted by Gasteiger charge is -2.58. The van der Waals surface area contributed by atoms with Crippen LogP contribution in [0.25, 0.3) is 17.5 Å². The van der Waals surface area contributed by atoms with Crippen LogP contribution in [0.1, 0.15) is 66.8 Å². The number of pyridine rings is 1. The Morgan fingerprint density at radius 3 is 2.62 bits per heavy atom. The van der Waals surface area contributed by atoms with Gasteiger partial charge in [0.1, 0.15) is 9.84 Å². The number of nitrogens with one attached hydrogen (secondary N) is 2. The van der Waals surface area contributed by atoms with Crippen LogP contribution in [0, 0.1) is 17.8 Å². The van der Waals surface area contributed by atoms with Crippen LogP contribution in [0.4, 0.5) is 5.69 Å². The maximum absolute atomic E-state index is 12.8. The van der Waals surface area contributed by atoms with E-state index >= 15 is 0 Å². The predicted octanol–water partition coefficient (Wildman–Crippen LogP) is 2.36. The van der Waals surface area contributed by atoms with Crippen LogP contribution in [0.3, 0.4) is 0 Å². The van der Waals surface area contributed by atoms with Crippen LogP contribution < -0.4 is 10.6 Å². The molecule has 5 fully saturated rings. The van der Waals surface area contributed by atoms with Crippen molar-refractivity contribution in [3.05, 3.63) is 29.4 Å². The van der Waals surface area contributed by atoms with E-state index in [0.717, 1.165) is 55.5 Å². The number of amides is 1. The molecule has 0 radical (unpaired) electrons. The Hall–Kier alpha value is -2.79. The molecule has 37 heavy (non-hydrogen) atoms. The molecule has 11 heteroatoms. The lowest BCUT2D eigenvalue weighted by atomic mass is 9.52. The third-order valence-corrected chi connectivity index (χ3v) is 10.8. The summed E-state index contributed by atoms with van der Waals surface area (Å²) >= 11 is 0. The molecular formula is C26H31N5O5S. The maximum atomic E-state index is 12.8. The van der Waals surface area contributed by atoms with Crippen molar-refractivity contribution in [3.63, 3.8) is 0 Å². The smallest absolute Gasteiger partial charge is 0.292 e.